The number of fused-ring (bicyclic) bond motifs is 6. The molecule has 0 N–H and O–H groups in total. The first kappa shape index (κ1) is 19.6. The van der Waals surface area contributed by atoms with Crippen LogP contribution in [0.15, 0.2) is 114 Å². The van der Waals surface area contributed by atoms with Crippen molar-refractivity contribution in [1.29, 1.82) is 0 Å². The Morgan fingerprint density at radius 2 is 1.03 bits per heavy atom. The van der Waals surface area contributed by atoms with E-state index in [0.717, 1.165) is 27.5 Å². The molecular formula is C30H18BrFN2. The van der Waals surface area contributed by atoms with Gasteiger partial charge in [0.05, 0.1) is 32.2 Å². The summed E-state index contributed by atoms with van der Waals surface area (Å²) in [6, 6.07) is 37.1. The third kappa shape index (κ3) is 2.66. The molecule has 2 aromatic heterocycles. The van der Waals surface area contributed by atoms with E-state index in [2.05, 4.69) is 99.4 Å². The van der Waals surface area contributed by atoms with Crippen LogP contribution in [0.2, 0.25) is 0 Å². The number of halogens is 2. The van der Waals surface area contributed by atoms with Gasteiger partial charge in [0.25, 0.3) is 0 Å². The molecule has 34 heavy (non-hydrogen) atoms. The maximum absolute atomic E-state index is 15.2. The fourth-order valence-electron chi connectivity index (χ4n) is 5.23. The Balaban J connectivity index is 1.59. The van der Waals surface area contributed by atoms with E-state index in [0.29, 0.717) is 10.2 Å². The van der Waals surface area contributed by atoms with Gasteiger partial charge < -0.3 is 9.13 Å². The third-order valence-corrected chi connectivity index (χ3v) is 7.28. The molecule has 0 saturated carbocycles. The molecule has 0 radical (unpaired) electrons. The molecule has 7 rings (SSSR count). The average molecular weight is 505 g/mol. The van der Waals surface area contributed by atoms with Gasteiger partial charge in [-0.25, -0.2) is 4.39 Å². The summed E-state index contributed by atoms with van der Waals surface area (Å²) in [4.78, 5) is 0. The van der Waals surface area contributed by atoms with Crippen LogP contribution < -0.4 is 0 Å². The van der Waals surface area contributed by atoms with Crippen LogP contribution in [0.25, 0.3) is 55.0 Å². The van der Waals surface area contributed by atoms with Gasteiger partial charge in [-0.1, -0.05) is 60.7 Å². The highest BCUT2D eigenvalue weighted by Gasteiger charge is 2.18. The van der Waals surface area contributed by atoms with Gasteiger partial charge in [-0.15, -0.1) is 0 Å². The van der Waals surface area contributed by atoms with E-state index >= 15 is 4.39 Å². The first-order valence-corrected chi connectivity index (χ1v) is 12.0. The maximum atomic E-state index is 15.2. The van der Waals surface area contributed by atoms with Crippen LogP contribution in [0.3, 0.4) is 0 Å². The number of rotatable bonds is 2. The molecule has 0 aliphatic rings. The van der Waals surface area contributed by atoms with E-state index in [1.54, 1.807) is 6.07 Å². The van der Waals surface area contributed by atoms with Crippen molar-refractivity contribution in [3.63, 3.8) is 0 Å². The van der Waals surface area contributed by atoms with Crippen LogP contribution >= 0.6 is 15.9 Å². The number of benzene rings is 5. The van der Waals surface area contributed by atoms with Gasteiger partial charge in [0.1, 0.15) is 0 Å². The minimum absolute atomic E-state index is 0.267. The van der Waals surface area contributed by atoms with Crippen molar-refractivity contribution in [2.45, 2.75) is 0 Å². The van der Waals surface area contributed by atoms with Crippen LogP contribution in [0, 0.1) is 5.82 Å². The topological polar surface area (TPSA) is 9.86 Å². The molecule has 2 nitrogen and oxygen atoms in total. The molecule has 0 unspecified atom stereocenters. The standard InChI is InChI=1S/C30H18BrFN2/c31-24-11-7-15-29(30(24)32)34-27-14-6-3-10-22(27)23-18-19(16-17-28(23)34)33-25-12-4-1-8-20(25)21-9-2-5-13-26(21)33/h1-18H. The second-order valence-corrected chi connectivity index (χ2v) is 9.35. The number of aromatic nitrogens is 2. The number of para-hydroxylation sites is 3. The van der Waals surface area contributed by atoms with Gasteiger partial charge in [-0.2, -0.15) is 0 Å². The molecule has 0 atom stereocenters. The minimum atomic E-state index is -0.267. The monoisotopic (exact) mass is 504 g/mol. The molecule has 0 saturated heterocycles. The third-order valence-electron chi connectivity index (χ3n) is 6.67. The lowest BCUT2D eigenvalue weighted by molar-refractivity contribution is 0.614. The van der Waals surface area contributed by atoms with E-state index < -0.39 is 0 Å². The van der Waals surface area contributed by atoms with Crippen molar-refractivity contribution >= 4 is 59.5 Å². The molecule has 0 aliphatic carbocycles. The molecule has 0 spiro atoms. The summed E-state index contributed by atoms with van der Waals surface area (Å²) in [6.07, 6.45) is 0. The average Bonchev–Trinajstić information content (AvgIpc) is 3.38. The largest absolute Gasteiger partial charge is 0.309 e. The Kier molecular flexibility index (Phi) is 4.20. The second-order valence-electron chi connectivity index (χ2n) is 8.50. The number of hydrogen-bond acceptors (Lipinski definition) is 0. The number of nitrogens with zero attached hydrogens (tertiary/aromatic N) is 2. The fourth-order valence-corrected chi connectivity index (χ4v) is 5.58. The van der Waals surface area contributed by atoms with Gasteiger partial charge >= 0.3 is 0 Å². The smallest absolute Gasteiger partial charge is 0.161 e. The summed E-state index contributed by atoms with van der Waals surface area (Å²) >= 11 is 3.35. The molecule has 0 aliphatic heterocycles. The molecule has 162 valence electrons. The van der Waals surface area contributed by atoms with E-state index in [9.17, 15) is 0 Å². The number of hydrogen-bond donors (Lipinski definition) is 0. The Morgan fingerprint density at radius 1 is 0.500 bits per heavy atom. The predicted molar refractivity (Wildman–Crippen MR) is 143 cm³/mol. The highest BCUT2D eigenvalue weighted by Crippen LogP contribution is 2.37. The second kappa shape index (κ2) is 7.31. The van der Waals surface area contributed by atoms with E-state index in [-0.39, 0.29) is 5.82 Å². The quantitative estimate of drug-likeness (QED) is 0.222. The van der Waals surface area contributed by atoms with Gasteiger partial charge in [0.15, 0.2) is 5.82 Å². The van der Waals surface area contributed by atoms with Crippen molar-refractivity contribution in [3.05, 3.63) is 119 Å². The lowest BCUT2D eigenvalue weighted by Crippen LogP contribution is -1.98. The Labute approximate surface area is 203 Å². The summed E-state index contributed by atoms with van der Waals surface area (Å²) in [7, 11) is 0. The van der Waals surface area contributed by atoms with Crippen molar-refractivity contribution in [3.8, 4) is 11.4 Å². The van der Waals surface area contributed by atoms with Crippen molar-refractivity contribution in [2.24, 2.45) is 0 Å². The summed E-state index contributed by atoms with van der Waals surface area (Å²) < 4.78 is 20.0. The molecular weight excluding hydrogens is 487 g/mol. The van der Waals surface area contributed by atoms with Crippen LogP contribution in [-0.4, -0.2) is 9.13 Å². The highest BCUT2D eigenvalue weighted by atomic mass is 79.9. The van der Waals surface area contributed by atoms with E-state index in [4.69, 9.17) is 0 Å². The molecule has 0 fully saturated rings. The lowest BCUT2D eigenvalue weighted by atomic mass is 10.1. The zero-order valence-corrected chi connectivity index (χ0v) is 19.6. The zero-order valence-electron chi connectivity index (χ0n) is 18.0. The van der Waals surface area contributed by atoms with Crippen LogP contribution in [-0.2, 0) is 0 Å². The molecule has 4 heteroatoms. The van der Waals surface area contributed by atoms with E-state index in [1.807, 2.05) is 28.8 Å². The van der Waals surface area contributed by atoms with Crippen LogP contribution in [0.4, 0.5) is 4.39 Å². The van der Waals surface area contributed by atoms with Crippen LogP contribution in [0.1, 0.15) is 0 Å². The predicted octanol–water partition coefficient (Wildman–Crippen LogP) is 8.78. The maximum Gasteiger partial charge on any atom is 0.161 e. The van der Waals surface area contributed by atoms with Crippen LogP contribution in [0.5, 0.6) is 0 Å². The summed E-state index contributed by atoms with van der Waals surface area (Å²) in [5.74, 6) is -0.267. The lowest BCUT2D eigenvalue weighted by Gasteiger charge is -2.11. The minimum Gasteiger partial charge on any atom is -0.309 e. The summed E-state index contributed by atoms with van der Waals surface area (Å²) in [5.41, 5.74) is 5.92. The van der Waals surface area contributed by atoms with Crippen molar-refractivity contribution in [2.75, 3.05) is 0 Å². The molecule has 0 bridgehead atoms. The Morgan fingerprint density at radius 3 is 1.68 bits per heavy atom. The Bertz CT molecular complexity index is 1840. The summed E-state index contributed by atoms with van der Waals surface area (Å²) in [6.45, 7) is 0. The Hall–Kier alpha value is -3.89. The van der Waals surface area contributed by atoms with Crippen molar-refractivity contribution < 1.29 is 4.39 Å². The normalized spacial score (nSPS) is 11.8. The fraction of sp³-hybridized carbons (Fsp3) is 0. The summed E-state index contributed by atoms with van der Waals surface area (Å²) in [5, 5.41) is 4.66. The first-order chi connectivity index (χ1) is 16.7. The zero-order chi connectivity index (χ0) is 22.8. The van der Waals surface area contributed by atoms with Gasteiger partial charge in [0.2, 0.25) is 0 Å². The van der Waals surface area contributed by atoms with E-state index in [1.165, 1.54) is 21.8 Å². The molecule has 7 aromatic rings. The molecule has 5 aromatic carbocycles. The van der Waals surface area contributed by atoms with Gasteiger partial charge in [-0.3, -0.25) is 0 Å². The molecule has 0 amide bonds. The van der Waals surface area contributed by atoms with Gasteiger partial charge in [-0.05, 0) is 64.5 Å². The SMILES string of the molecule is Fc1c(Br)cccc1-n1c2ccccc2c2cc(-n3c4ccccc4c4ccccc43)ccc21. The van der Waals surface area contributed by atoms with Gasteiger partial charge in [0, 0.05) is 27.2 Å². The molecule has 2 heterocycles. The van der Waals surface area contributed by atoms with Crippen molar-refractivity contribution in [1.82, 2.24) is 9.13 Å². The first-order valence-electron chi connectivity index (χ1n) is 11.2. The highest BCUT2D eigenvalue weighted by molar-refractivity contribution is 9.10.